The van der Waals surface area contributed by atoms with Crippen LogP contribution in [0.25, 0.3) is 0 Å². The van der Waals surface area contributed by atoms with E-state index in [1.807, 2.05) is 41.1 Å². The minimum Gasteiger partial charge on any atom is -0.491 e. The van der Waals surface area contributed by atoms with E-state index in [9.17, 15) is 9.59 Å². The van der Waals surface area contributed by atoms with E-state index in [-0.39, 0.29) is 25.0 Å². The summed E-state index contributed by atoms with van der Waals surface area (Å²) in [5.74, 6) is 0.334. The highest BCUT2D eigenvalue weighted by Gasteiger charge is 2.27. The molecule has 3 heterocycles. The standard InChI is InChI=1S/C23H31N5O6.C6H4Cl2/c1-2-31-21(29)13-25-23(30)28-11-9-27(10-12-28)18-3-5-19(6-4-18)32-15-20-16-33-22(34-20)14-26-8-7-24-17-26;7-5-2-1-3-6(8)4-5/h3-8,17,20,22H,2,9-16H2,1H3,(H,25,30);1-4H. The summed E-state index contributed by atoms with van der Waals surface area (Å²) in [7, 11) is 0. The minimum absolute atomic E-state index is 0.113. The third-order valence-electron chi connectivity index (χ3n) is 6.41. The zero-order valence-corrected chi connectivity index (χ0v) is 24.9. The van der Waals surface area contributed by atoms with Crippen LogP contribution in [0.3, 0.4) is 0 Å². The molecule has 0 spiro atoms. The molecule has 0 bridgehead atoms. The van der Waals surface area contributed by atoms with Crippen molar-refractivity contribution in [3.63, 3.8) is 0 Å². The molecule has 0 saturated carbocycles. The highest BCUT2D eigenvalue weighted by atomic mass is 35.5. The van der Waals surface area contributed by atoms with E-state index in [1.54, 1.807) is 42.5 Å². The van der Waals surface area contributed by atoms with Crippen molar-refractivity contribution in [3.8, 4) is 5.75 Å². The van der Waals surface area contributed by atoms with E-state index < -0.39 is 5.97 Å². The van der Waals surface area contributed by atoms with Crippen LogP contribution >= 0.6 is 23.2 Å². The van der Waals surface area contributed by atoms with Crippen molar-refractivity contribution in [2.45, 2.75) is 25.9 Å². The predicted octanol–water partition coefficient (Wildman–Crippen LogP) is 4.09. The van der Waals surface area contributed by atoms with Gasteiger partial charge < -0.3 is 38.6 Å². The maximum absolute atomic E-state index is 12.2. The van der Waals surface area contributed by atoms with Crippen LogP contribution in [0, 0.1) is 0 Å². The van der Waals surface area contributed by atoms with Gasteiger partial charge in [-0.1, -0.05) is 29.3 Å². The molecule has 2 saturated heterocycles. The minimum atomic E-state index is -0.432. The Morgan fingerprint density at radius 3 is 2.43 bits per heavy atom. The van der Waals surface area contributed by atoms with Crippen LogP contribution in [0.4, 0.5) is 10.5 Å². The Morgan fingerprint density at radius 2 is 1.81 bits per heavy atom. The predicted molar refractivity (Wildman–Crippen MR) is 159 cm³/mol. The van der Waals surface area contributed by atoms with Gasteiger partial charge in [0.05, 0.1) is 26.1 Å². The van der Waals surface area contributed by atoms with Gasteiger partial charge in [-0.2, -0.15) is 0 Å². The molecule has 2 fully saturated rings. The number of carbonyl (C=O) groups is 2. The number of hydrogen-bond acceptors (Lipinski definition) is 8. The van der Waals surface area contributed by atoms with Crippen LogP contribution in [-0.2, 0) is 25.5 Å². The summed E-state index contributed by atoms with van der Waals surface area (Å²) in [6.07, 6.45) is 4.93. The van der Waals surface area contributed by atoms with E-state index in [4.69, 9.17) is 42.1 Å². The molecule has 226 valence electrons. The van der Waals surface area contributed by atoms with Gasteiger partial charge in [0, 0.05) is 54.3 Å². The fourth-order valence-corrected chi connectivity index (χ4v) is 4.74. The van der Waals surface area contributed by atoms with Crippen molar-refractivity contribution in [1.29, 1.82) is 0 Å². The Labute approximate surface area is 255 Å². The quantitative estimate of drug-likeness (QED) is 0.357. The molecular weight excluding hydrogens is 585 g/mol. The van der Waals surface area contributed by atoms with Crippen molar-refractivity contribution in [1.82, 2.24) is 19.8 Å². The van der Waals surface area contributed by atoms with E-state index in [0.29, 0.717) is 62.6 Å². The number of halogens is 2. The number of nitrogens with zero attached hydrogens (tertiary/aromatic N) is 4. The second kappa shape index (κ2) is 16.2. The van der Waals surface area contributed by atoms with Crippen LogP contribution in [0.1, 0.15) is 6.92 Å². The molecule has 2 aliphatic rings. The number of amides is 2. The van der Waals surface area contributed by atoms with Crippen LogP contribution < -0.4 is 15.0 Å². The van der Waals surface area contributed by atoms with E-state index >= 15 is 0 Å². The molecule has 2 aromatic carbocycles. The van der Waals surface area contributed by atoms with Gasteiger partial charge in [-0.25, -0.2) is 9.78 Å². The van der Waals surface area contributed by atoms with Gasteiger partial charge in [0.1, 0.15) is 25.0 Å². The van der Waals surface area contributed by atoms with Crippen LogP contribution in [-0.4, -0.2) is 91.4 Å². The summed E-state index contributed by atoms with van der Waals surface area (Å²) < 4.78 is 24.2. The number of nitrogens with one attached hydrogen (secondary N) is 1. The van der Waals surface area contributed by atoms with Crippen molar-refractivity contribution >= 4 is 40.9 Å². The lowest BCUT2D eigenvalue weighted by atomic mass is 10.2. The Bertz CT molecular complexity index is 1240. The van der Waals surface area contributed by atoms with Gasteiger partial charge >= 0.3 is 12.0 Å². The summed E-state index contributed by atoms with van der Waals surface area (Å²) in [6, 6.07) is 14.7. The molecule has 11 nitrogen and oxygen atoms in total. The van der Waals surface area contributed by atoms with Gasteiger partial charge in [0.25, 0.3) is 0 Å². The third kappa shape index (κ3) is 10.1. The van der Waals surface area contributed by atoms with Gasteiger partial charge in [-0.3, -0.25) is 4.79 Å². The number of hydrogen-bond donors (Lipinski definition) is 1. The normalized spacial score (nSPS) is 18.2. The number of piperazine rings is 1. The zero-order chi connectivity index (χ0) is 29.7. The van der Waals surface area contributed by atoms with Gasteiger partial charge in [0.15, 0.2) is 6.29 Å². The number of carbonyl (C=O) groups excluding carboxylic acids is 2. The lowest BCUT2D eigenvalue weighted by Gasteiger charge is -2.36. The molecule has 2 amide bonds. The fraction of sp³-hybridized carbons (Fsp3) is 0.414. The molecule has 13 heteroatoms. The zero-order valence-electron chi connectivity index (χ0n) is 23.4. The summed E-state index contributed by atoms with van der Waals surface area (Å²) in [4.78, 5) is 31.6. The van der Waals surface area contributed by atoms with Crippen LogP contribution in [0.5, 0.6) is 5.75 Å². The molecule has 2 atom stereocenters. The Kier molecular flexibility index (Phi) is 12.1. The van der Waals surface area contributed by atoms with E-state index in [2.05, 4.69) is 15.2 Å². The van der Waals surface area contributed by atoms with Gasteiger partial charge in [-0.15, -0.1) is 0 Å². The fourth-order valence-electron chi connectivity index (χ4n) is 4.30. The molecule has 1 aromatic heterocycles. The maximum atomic E-state index is 12.2. The third-order valence-corrected chi connectivity index (χ3v) is 6.88. The first-order valence-electron chi connectivity index (χ1n) is 13.7. The monoisotopic (exact) mass is 619 g/mol. The molecule has 0 aliphatic carbocycles. The average Bonchev–Trinajstić information content (AvgIpc) is 3.68. The van der Waals surface area contributed by atoms with Gasteiger partial charge in [-0.05, 0) is 49.4 Å². The second-order valence-electron chi connectivity index (χ2n) is 9.46. The number of benzene rings is 2. The van der Waals surface area contributed by atoms with Crippen molar-refractivity contribution < 1.29 is 28.5 Å². The Hall–Kier alpha value is -3.51. The van der Waals surface area contributed by atoms with Gasteiger partial charge in [0.2, 0.25) is 0 Å². The molecule has 2 aliphatic heterocycles. The number of anilines is 1. The highest BCUT2D eigenvalue weighted by molar-refractivity contribution is 6.34. The van der Waals surface area contributed by atoms with E-state index in [1.165, 1.54) is 0 Å². The average molecular weight is 621 g/mol. The molecule has 3 aromatic rings. The SMILES string of the molecule is CCOC(=O)CNC(=O)N1CCN(c2ccc(OCC3COC(Cn4ccnc4)O3)cc2)CC1.Clc1cccc(Cl)c1. The van der Waals surface area contributed by atoms with E-state index in [0.717, 1.165) is 11.4 Å². The number of aromatic nitrogens is 2. The summed E-state index contributed by atoms with van der Waals surface area (Å²) in [5, 5.41) is 3.96. The molecule has 0 radical (unpaired) electrons. The highest BCUT2D eigenvalue weighted by Crippen LogP contribution is 2.22. The smallest absolute Gasteiger partial charge is 0.325 e. The van der Waals surface area contributed by atoms with Crippen molar-refractivity contribution in [3.05, 3.63) is 77.3 Å². The number of esters is 1. The maximum Gasteiger partial charge on any atom is 0.325 e. The lowest BCUT2D eigenvalue weighted by Crippen LogP contribution is -2.52. The molecule has 2 unspecified atom stereocenters. The molecular formula is C29H35Cl2N5O6. The van der Waals surface area contributed by atoms with Crippen LogP contribution in [0.15, 0.2) is 67.3 Å². The first-order chi connectivity index (χ1) is 20.4. The number of urea groups is 1. The number of ether oxygens (including phenoxy) is 4. The second-order valence-corrected chi connectivity index (χ2v) is 10.3. The Balaban J connectivity index is 0.000000437. The first kappa shape index (κ1) is 31.4. The summed E-state index contributed by atoms with van der Waals surface area (Å²) >= 11 is 11.1. The van der Waals surface area contributed by atoms with Crippen molar-refractivity contribution in [2.24, 2.45) is 0 Å². The number of imidazole rings is 1. The van der Waals surface area contributed by atoms with Crippen molar-refractivity contribution in [2.75, 3.05) is 57.4 Å². The molecule has 1 N–H and O–H groups in total. The Morgan fingerprint density at radius 1 is 1.07 bits per heavy atom. The lowest BCUT2D eigenvalue weighted by molar-refractivity contribution is -0.141. The summed E-state index contributed by atoms with van der Waals surface area (Å²) in [5.41, 5.74) is 1.07. The molecule has 5 rings (SSSR count). The number of rotatable bonds is 9. The summed E-state index contributed by atoms with van der Waals surface area (Å²) in [6.45, 7) is 6.00. The topological polar surface area (TPSA) is 107 Å². The van der Waals surface area contributed by atoms with Crippen LogP contribution in [0.2, 0.25) is 10.0 Å². The first-order valence-corrected chi connectivity index (χ1v) is 14.4. The largest absolute Gasteiger partial charge is 0.491 e. The molecule has 42 heavy (non-hydrogen) atoms.